The van der Waals surface area contributed by atoms with Crippen molar-refractivity contribution in [2.24, 2.45) is 0 Å². The normalized spacial score (nSPS) is 21.8. The van der Waals surface area contributed by atoms with Gasteiger partial charge in [-0.1, -0.05) is 11.6 Å². The summed E-state index contributed by atoms with van der Waals surface area (Å²) in [4.78, 5) is 2.21. The van der Waals surface area contributed by atoms with E-state index in [0.29, 0.717) is 6.04 Å². The van der Waals surface area contributed by atoms with Crippen molar-refractivity contribution in [2.75, 3.05) is 24.5 Å². The highest BCUT2D eigenvalue weighted by molar-refractivity contribution is 6.31. The maximum Gasteiger partial charge on any atom is 0.141 e. The van der Waals surface area contributed by atoms with Crippen molar-refractivity contribution < 1.29 is 4.39 Å². The second-order valence-corrected chi connectivity index (χ2v) is 4.31. The quantitative estimate of drug-likeness (QED) is 0.794. The summed E-state index contributed by atoms with van der Waals surface area (Å²) in [6.45, 7) is 4.96. The van der Waals surface area contributed by atoms with E-state index < -0.39 is 0 Å². The van der Waals surface area contributed by atoms with E-state index in [1.165, 1.54) is 6.07 Å². The molecule has 1 N–H and O–H groups in total. The summed E-state index contributed by atoms with van der Waals surface area (Å²) in [5.74, 6) is -0.358. The second kappa shape index (κ2) is 4.37. The van der Waals surface area contributed by atoms with Crippen molar-refractivity contribution in [2.45, 2.75) is 13.0 Å². The zero-order valence-corrected chi connectivity index (χ0v) is 9.39. The fourth-order valence-corrected chi connectivity index (χ4v) is 2.02. The van der Waals surface area contributed by atoms with Gasteiger partial charge in [0.05, 0.1) is 5.02 Å². The Morgan fingerprint density at radius 1 is 1.53 bits per heavy atom. The summed E-state index contributed by atoms with van der Waals surface area (Å²) in [5, 5.41) is 3.55. The third-order valence-electron chi connectivity index (χ3n) is 2.64. The van der Waals surface area contributed by atoms with Gasteiger partial charge in [0.25, 0.3) is 0 Å². The lowest BCUT2D eigenvalue weighted by atomic mass is 10.2. The Morgan fingerprint density at radius 3 is 3.00 bits per heavy atom. The van der Waals surface area contributed by atoms with Gasteiger partial charge in [0.1, 0.15) is 5.82 Å². The molecule has 1 aromatic carbocycles. The molecule has 0 saturated carbocycles. The summed E-state index contributed by atoms with van der Waals surface area (Å²) in [6, 6.07) is 5.35. The van der Waals surface area contributed by atoms with Crippen LogP contribution in [-0.2, 0) is 0 Å². The minimum atomic E-state index is -0.358. The highest BCUT2D eigenvalue weighted by Gasteiger charge is 2.16. The number of benzene rings is 1. The van der Waals surface area contributed by atoms with E-state index in [9.17, 15) is 4.39 Å². The van der Waals surface area contributed by atoms with Crippen LogP contribution in [0.4, 0.5) is 10.1 Å². The standard InChI is InChI=1S/C11H14ClFN2/c1-8-7-15(5-4-14-8)9-2-3-11(13)10(12)6-9/h2-3,6,8,14H,4-5,7H2,1H3/t8-/m1/s1. The van der Waals surface area contributed by atoms with E-state index in [1.807, 2.05) is 0 Å². The van der Waals surface area contributed by atoms with E-state index in [1.54, 1.807) is 12.1 Å². The van der Waals surface area contributed by atoms with Crippen molar-refractivity contribution in [1.29, 1.82) is 0 Å². The van der Waals surface area contributed by atoms with Gasteiger partial charge in [0.15, 0.2) is 0 Å². The van der Waals surface area contributed by atoms with Crippen LogP contribution in [0.25, 0.3) is 0 Å². The van der Waals surface area contributed by atoms with Crippen molar-refractivity contribution in [3.05, 3.63) is 29.0 Å². The lowest BCUT2D eigenvalue weighted by molar-refractivity contribution is 0.484. The molecule has 1 fully saturated rings. The van der Waals surface area contributed by atoms with E-state index in [-0.39, 0.29) is 10.8 Å². The predicted molar refractivity (Wildman–Crippen MR) is 61.1 cm³/mol. The predicted octanol–water partition coefficient (Wildman–Crippen LogP) is 2.28. The first kappa shape index (κ1) is 10.7. The zero-order valence-electron chi connectivity index (χ0n) is 8.63. The van der Waals surface area contributed by atoms with Gasteiger partial charge < -0.3 is 10.2 Å². The Morgan fingerprint density at radius 2 is 2.33 bits per heavy atom. The first-order chi connectivity index (χ1) is 7.16. The van der Waals surface area contributed by atoms with Gasteiger partial charge in [-0.25, -0.2) is 4.39 Å². The largest absolute Gasteiger partial charge is 0.369 e. The summed E-state index contributed by atoms with van der Waals surface area (Å²) in [5.41, 5.74) is 0.995. The molecule has 1 aliphatic heterocycles. The topological polar surface area (TPSA) is 15.3 Å². The fraction of sp³-hybridized carbons (Fsp3) is 0.455. The van der Waals surface area contributed by atoms with Crippen LogP contribution in [0.5, 0.6) is 0 Å². The van der Waals surface area contributed by atoms with Crippen LogP contribution in [-0.4, -0.2) is 25.7 Å². The third-order valence-corrected chi connectivity index (χ3v) is 2.93. The number of rotatable bonds is 1. The molecule has 0 aliphatic carbocycles. The number of nitrogens with one attached hydrogen (secondary N) is 1. The second-order valence-electron chi connectivity index (χ2n) is 3.90. The van der Waals surface area contributed by atoms with Crippen LogP contribution in [0.3, 0.4) is 0 Å². The SMILES string of the molecule is C[C@@H]1CN(c2ccc(F)c(Cl)c2)CCN1. The molecule has 82 valence electrons. The van der Waals surface area contributed by atoms with Crippen molar-refractivity contribution in [3.8, 4) is 0 Å². The first-order valence-electron chi connectivity index (χ1n) is 5.10. The van der Waals surface area contributed by atoms with Crippen molar-refractivity contribution >= 4 is 17.3 Å². The number of nitrogens with zero attached hydrogens (tertiary/aromatic N) is 1. The van der Waals surface area contributed by atoms with E-state index >= 15 is 0 Å². The van der Waals surface area contributed by atoms with E-state index in [0.717, 1.165) is 25.3 Å². The van der Waals surface area contributed by atoms with E-state index in [2.05, 4.69) is 17.1 Å². The number of anilines is 1. The van der Waals surface area contributed by atoms with Crippen LogP contribution in [0, 0.1) is 5.82 Å². The molecule has 0 aromatic heterocycles. The molecule has 0 amide bonds. The fourth-order valence-electron chi connectivity index (χ4n) is 1.85. The van der Waals surface area contributed by atoms with Gasteiger partial charge in [-0.2, -0.15) is 0 Å². The lowest BCUT2D eigenvalue weighted by Gasteiger charge is -2.33. The Labute approximate surface area is 94.0 Å². The minimum absolute atomic E-state index is 0.193. The molecule has 0 radical (unpaired) electrons. The van der Waals surface area contributed by atoms with Crippen LogP contribution in [0.2, 0.25) is 5.02 Å². The van der Waals surface area contributed by atoms with Gasteiger partial charge >= 0.3 is 0 Å². The van der Waals surface area contributed by atoms with Gasteiger partial charge in [0, 0.05) is 31.4 Å². The van der Waals surface area contributed by atoms with Crippen LogP contribution in [0.15, 0.2) is 18.2 Å². The zero-order chi connectivity index (χ0) is 10.8. The van der Waals surface area contributed by atoms with Crippen molar-refractivity contribution in [3.63, 3.8) is 0 Å². The molecule has 2 nitrogen and oxygen atoms in total. The summed E-state index contributed by atoms with van der Waals surface area (Å²) >= 11 is 5.75. The molecule has 1 heterocycles. The maximum absolute atomic E-state index is 13.0. The third kappa shape index (κ3) is 2.41. The molecule has 1 atom stereocenters. The molecule has 2 rings (SSSR count). The highest BCUT2D eigenvalue weighted by Crippen LogP contribution is 2.23. The average molecular weight is 229 g/mol. The lowest BCUT2D eigenvalue weighted by Crippen LogP contribution is -2.49. The molecule has 0 unspecified atom stereocenters. The van der Waals surface area contributed by atoms with Gasteiger partial charge in [-0.3, -0.25) is 0 Å². The van der Waals surface area contributed by atoms with Crippen LogP contribution < -0.4 is 10.2 Å². The minimum Gasteiger partial charge on any atom is -0.369 e. The highest BCUT2D eigenvalue weighted by atomic mass is 35.5. The first-order valence-corrected chi connectivity index (χ1v) is 5.48. The molecule has 1 aliphatic rings. The molecule has 15 heavy (non-hydrogen) atoms. The van der Waals surface area contributed by atoms with Crippen molar-refractivity contribution in [1.82, 2.24) is 5.32 Å². The Bertz CT molecular complexity index is 356. The van der Waals surface area contributed by atoms with Gasteiger partial charge in [-0.15, -0.1) is 0 Å². The molecular weight excluding hydrogens is 215 g/mol. The summed E-state index contributed by atoms with van der Waals surface area (Å²) in [6.07, 6.45) is 0. The Balaban J connectivity index is 2.18. The van der Waals surface area contributed by atoms with Gasteiger partial charge in [-0.05, 0) is 25.1 Å². The van der Waals surface area contributed by atoms with Crippen LogP contribution >= 0.6 is 11.6 Å². The number of hydrogen-bond acceptors (Lipinski definition) is 2. The Kier molecular flexibility index (Phi) is 3.12. The molecule has 4 heteroatoms. The molecule has 0 bridgehead atoms. The maximum atomic E-state index is 13.0. The van der Waals surface area contributed by atoms with E-state index in [4.69, 9.17) is 11.6 Å². The Hall–Kier alpha value is -0.800. The monoisotopic (exact) mass is 228 g/mol. The molecule has 0 spiro atoms. The number of piperazine rings is 1. The van der Waals surface area contributed by atoms with Crippen LogP contribution in [0.1, 0.15) is 6.92 Å². The number of halogens is 2. The summed E-state index contributed by atoms with van der Waals surface area (Å²) in [7, 11) is 0. The average Bonchev–Trinajstić information content (AvgIpc) is 2.22. The molecule has 1 aromatic rings. The smallest absolute Gasteiger partial charge is 0.141 e. The van der Waals surface area contributed by atoms with Gasteiger partial charge in [0.2, 0.25) is 0 Å². The molecular formula is C11H14ClFN2. The number of hydrogen-bond donors (Lipinski definition) is 1. The molecule has 1 saturated heterocycles. The summed E-state index contributed by atoms with van der Waals surface area (Å²) < 4.78 is 13.0.